The van der Waals surface area contributed by atoms with Gasteiger partial charge in [0.05, 0.1) is 22.9 Å². The molecule has 0 saturated heterocycles. The largest absolute Gasteiger partial charge is 0.388 e. The summed E-state index contributed by atoms with van der Waals surface area (Å²) < 4.78 is 3.12. The number of aryl methyl sites for hydroxylation is 2. The fraction of sp³-hybridized carbons (Fsp3) is 0.190. The fourth-order valence-corrected chi connectivity index (χ4v) is 3.19. The number of nitrogens with zero attached hydrogens (tertiary/aromatic N) is 2. The number of rotatable bonds is 10. The Bertz CT molecular complexity index is 1260. The highest BCUT2D eigenvalue weighted by molar-refractivity contribution is 8.93. The van der Waals surface area contributed by atoms with Crippen molar-refractivity contribution in [2.45, 2.75) is 6.42 Å². The summed E-state index contributed by atoms with van der Waals surface area (Å²) in [5.74, 6) is -1.26. The van der Waals surface area contributed by atoms with Gasteiger partial charge < -0.3 is 41.1 Å². The van der Waals surface area contributed by atoms with Gasteiger partial charge in [0.2, 0.25) is 6.41 Å². The van der Waals surface area contributed by atoms with Crippen LogP contribution in [-0.2, 0) is 18.9 Å². The van der Waals surface area contributed by atoms with Crippen LogP contribution >= 0.6 is 17.0 Å². The first-order valence-electron chi connectivity index (χ1n) is 10.1. The van der Waals surface area contributed by atoms with Gasteiger partial charge >= 0.3 is 0 Å². The summed E-state index contributed by atoms with van der Waals surface area (Å²) in [7, 11) is 3.33. The lowest BCUT2D eigenvalue weighted by Crippen LogP contribution is -2.28. The molecule has 186 valence electrons. The smallest absolute Gasteiger partial charge is 0.272 e. The van der Waals surface area contributed by atoms with E-state index in [4.69, 9.17) is 11.1 Å². The Kier molecular flexibility index (Phi) is 8.99. The van der Waals surface area contributed by atoms with Crippen molar-refractivity contribution in [3.05, 3.63) is 53.9 Å². The third kappa shape index (κ3) is 6.83. The Morgan fingerprint density at radius 1 is 0.971 bits per heavy atom. The predicted octanol–water partition coefficient (Wildman–Crippen LogP) is 1.40. The van der Waals surface area contributed by atoms with Gasteiger partial charge in [-0.2, -0.15) is 0 Å². The molecule has 3 rings (SSSR count). The standard InChI is InChI=1S/C21H25N9O4.BrH/c1-29-10-14(6-16(29)20(33)24-4-3-18(22)23)28-21(34)17-7-13(9-30(17)2)27-19(32)15-5-12(8-25-15)26-11-31;/h5-11,25H,3-4H2,1-2H3,(H3,22,23)(H,24,33)(H,26,31)(H,27,32)(H,28,34);1H. The minimum Gasteiger partial charge on any atom is -0.388 e. The minimum atomic E-state index is -0.444. The lowest BCUT2D eigenvalue weighted by Gasteiger charge is -2.04. The van der Waals surface area contributed by atoms with Crippen molar-refractivity contribution in [3.8, 4) is 0 Å². The number of nitrogens with two attached hydrogens (primary N) is 1. The fourth-order valence-electron chi connectivity index (χ4n) is 3.19. The molecule has 14 heteroatoms. The second-order valence-corrected chi connectivity index (χ2v) is 7.45. The Morgan fingerprint density at radius 2 is 1.54 bits per heavy atom. The molecular weight excluding hydrogens is 522 g/mol. The number of aromatic nitrogens is 3. The summed E-state index contributed by atoms with van der Waals surface area (Å²) >= 11 is 0. The van der Waals surface area contributed by atoms with Crippen LogP contribution in [0.15, 0.2) is 36.8 Å². The van der Waals surface area contributed by atoms with E-state index in [1.807, 2.05) is 0 Å². The molecule has 0 unspecified atom stereocenters. The number of carbonyl (C=O) groups excluding carboxylic acids is 4. The van der Waals surface area contributed by atoms with Crippen LogP contribution in [0.5, 0.6) is 0 Å². The van der Waals surface area contributed by atoms with Crippen LogP contribution < -0.4 is 27.0 Å². The van der Waals surface area contributed by atoms with E-state index in [-0.39, 0.29) is 53.1 Å². The van der Waals surface area contributed by atoms with E-state index in [0.29, 0.717) is 29.2 Å². The van der Waals surface area contributed by atoms with Gasteiger partial charge in [-0.1, -0.05) is 0 Å². The molecule has 3 heterocycles. The number of aromatic amines is 1. The van der Waals surface area contributed by atoms with E-state index in [1.165, 1.54) is 24.4 Å². The van der Waals surface area contributed by atoms with Crippen LogP contribution in [0.2, 0.25) is 0 Å². The average molecular weight is 548 g/mol. The second kappa shape index (κ2) is 11.7. The number of anilines is 3. The number of halogens is 1. The third-order valence-corrected chi connectivity index (χ3v) is 4.82. The topological polar surface area (TPSA) is 192 Å². The zero-order valence-corrected chi connectivity index (χ0v) is 20.7. The van der Waals surface area contributed by atoms with E-state index in [2.05, 4.69) is 26.3 Å². The Morgan fingerprint density at radius 3 is 2.11 bits per heavy atom. The third-order valence-electron chi connectivity index (χ3n) is 4.82. The quantitative estimate of drug-likeness (QED) is 0.114. The van der Waals surface area contributed by atoms with E-state index in [9.17, 15) is 19.2 Å². The monoisotopic (exact) mass is 547 g/mol. The molecule has 0 spiro atoms. The summed E-state index contributed by atoms with van der Waals surface area (Å²) in [6.45, 7) is 0.232. The first-order chi connectivity index (χ1) is 16.2. The molecule has 35 heavy (non-hydrogen) atoms. The molecule has 0 atom stereocenters. The zero-order chi connectivity index (χ0) is 24.8. The summed E-state index contributed by atoms with van der Waals surface area (Å²) in [4.78, 5) is 50.7. The van der Waals surface area contributed by atoms with Gasteiger partial charge in [-0.25, -0.2) is 0 Å². The van der Waals surface area contributed by atoms with Crippen LogP contribution in [0.3, 0.4) is 0 Å². The van der Waals surface area contributed by atoms with Crippen LogP contribution in [0.1, 0.15) is 37.9 Å². The van der Waals surface area contributed by atoms with Crippen LogP contribution in [0, 0.1) is 5.41 Å². The van der Waals surface area contributed by atoms with E-state index in [0.717, 1.165) is 0 Å². The van der Waals surface area contributed by atoms with E-state index >= 15 is 0 Å². The predicted molar refractivity (Wildman–Crippen MR) is 136 cm³/mol. The molecule has 0 saturated carbocycles. The molecule has 0 aromatic carbocycles. The highest BCUT2D eigenvalue weighted by atomic mass is 79.9. The normalized spacial score (nSPS) is 10.1. The van der Waals surface area contributed by atoms with Crippen molar-refractivity contribution in [3.63, 3.8) is 0 Å². The maximum atomic E-state index is 12.8. The Labute approximate surface area is 210 Å². The maximum absolute atomic E-state index is 12.8. The molecule has 0 aliphatic heterocycles. The lowest BCUT2D eigenvalue weighted by atomic mass is 10.3. The maximum Gasteiger partial charge on any atom is 0.272 e. The SMILES string of the molecule is Br.Cn1cc(NC(=O)c2cc(NC(=O)c3cc(NC=O)c[nH]3)cn2C)cc1C(=O)NCCC(=N)N. The molecule has 0 fully saturated rings. The zero-order valence-electron chi connectivity index (χ0n) is 19.0. The van der Waals surface area contributed by atoms with Crippen molar-refractivity contribution in [1.82, 2.24) is 19.4 Å². The molecular formula is C21H26BrN9O4. The summed E-state index contributed by atoms with van der Waals surface area (Å²) in [5, 5.41) is 17.7. The molecule has 8 N–H and O–H groups in total. The molecule has 0 aliphatic rings. The average Bonchev–Trinajstić information content (AvgIpc) is 3.47. The summed E-state index contributed by atoms with van der Waals surface area (Å²) in [5.41, 5.74) is 7.38. The van der Waals surface area contributed by atoms with Gasteiger partial charge in [-0.05, 0) is 18.2 Å². The minimum absolute atomic E-state index is 0. The number of amidine groups is 1. The summed E-state index contributed by atoms with van der Waals surface area (Å²) in [6.07, 6.45) is 5.40. The molecule has 0 bridgehead atoms. The van der Waals surface area contributed by atoms with Crippen molar-refractivity contribution < 1.29 is 19.2 Å². The highest BCUT2D eigenvalue weighted by Crippen LogP contribution is 2.18. The highest BCUT2D eigenvalue weighted by Gasteiger charge is 2.17. The van der Waals surface area contributed by atoms with Gasteiger partial charge in [0.25, 0.3) is 17.7 Å². The Hall–Kier alpha value is -4.33. The van der Waals surface area contributed by atoms with Crippen molar-refractivity contribution in [2.24, 2.45) is 19.8 Å². The Balaban J connectivity index is 0.00000432. The second-order valence-electron chi connectivity index (χ2n) is 7.45. The van der Waals surface area contributed by atoms with E-state index in [1.54, 1.807) is 35.6 Å². The molecule has 0 radical (unpaired) electrons. The number of hydrogen-bond donors (Lipinski definition) is 7. The van der Waals surface area contributed by atoms with Gasteiger partial charge in [-0.3, -0.25) is 24.6 Å². The van der Waals surface area contributed by atoms with Gasteiger partial charge in [0.1, 0.15) is 17.1 Å². The molecule has 4 amide bonds. The molecule has 0 aliphatic carbocycles. The van der Waals surface area contributed by atoms with Gasteiger partial charge in [-0.15, -0.1) is 17.0 Å². The van der Waals surface area contributed by atoms with Crippen LogP contribution in [-0.4, -0.2) is 50.6 Å². The molecule has 13 nitrogen and oxygen atoms in total. The number of amides is 4. The van der Waals surface area contributed by atoms with Crippen molar-refractivity contribution in [1.29, 1.82) is 5.41 Å². The van der Waals surface area contributed by atoms with Crippen LogP contribution in [0.25, 0.3) is 0 Å². The number of nitrogens with one attached hydrogen (secondary N) is 6. The van der Waals surface area contributed by atoms with Gasteiger partial charge in [0.15, 0.2) is 0 Å². The van der Waals surface area contributed by atoms with Gasteiger partial charge in [0, 0.05) is 45.7 Å². The first-order valence-corrected chi connectivity index (χ1v) is 10.1. The van der Waals surface area contributed by atoms with E-state index < -0.39 is 11.8 Å². The number of carbonyl (C=O) groups is 4. The summed E-state index contributed by atoms with van der Waals surface area (Å²) in [6, 6.07) is 4.52. The van der Waals surface area contributed by atoms with Crippen LogP contribution in [0.4, 0.5) is 17.1 Å². The first kappa shape index (κ1) is 26.9. The molecule has 3 aromatic rings. The van der Waals surface area contributed by atoms with Crippen molar-refractivity contribution >= 4 is 64.0 Å². The molecule has 3 aromatic heterocycles. The lowest BCUT2D eigenvalue weighted by molar-refractivity contribution is -0.105. The van der Waals surface area contributed by atoms with Crippen molar-refractivity contribution in [2.75, 3.05) is 22.5 Å². The number of H-pyrrole nitrogens is 1. The number of hydrogen-bond acceptors (Lipinski definition) is 5.